The summed E-state index contributed by atoms with van der Waals surface area (Å²) >= 11 is 5.15. The summed E-state index contributed by atoms with van der Waals surface area (Å²) in [5, 5.41) is 0. The molecule has 0 aliphatic carbocycles. The first-order valence-corrected chi connectivity index (χ1v) is 7.15. The van der Waals surface area contributed by atoms with Crippen LogP contribution in [0, 0.1) is 0 Å². The molecule has 1 unspecified atom stereocenters. The van der Waals surface area contributed by atoms with Gasteiger partial charge in [-0.1, -0.05) is 25.6 Å². The topological polar surface area (TPSA) is 42.2 Å². The van der Waals surface area contributed by atoms with Crippen molar-refractivity contribution in [1.82, 2.24) is 4.98 Å². The Kier molecular flexibility index (Phi) is 4.53. The van der Waals surface area contributed by atoms with E-state index < -0.39 is 0 Å². The Morgan fingerprint density at radius 2 is 2.39 bits per heavy atom. The van der Waals surface area contributed by atoms with E-state index in [9.17, 15) is 0 Å². The number of anilines is 1. The fourth-order valence-corrected chi connectivity index (χ4v) is 2.95. The van der Waals surface area contributed by atoms with Gasteiger partial charge < -0.3 is 10.6 Å². The van der Waals surface area contributed by atoms with Crippen molar-refractivity contribution in [2.75, 3.05) is 11.4 Å². The van der Waals surface area contributed by atoms with Crippen LogP contribution in [0.2, 0.25) is 0 Å². The Morgan fingerprint density at radius 1 is 1.56 bits per heavy atom. The molecule has 1 aromatic heterocycles. The van der Waals surface area contributed by atoms with Crippen LogP contribution in [0.25, 0.3) is 0 Å². The van der Waals surface area contributed by atoms with E-state index in [0.717, 1.165) is 17.8 Å². The van der Waals surface area contributed by atoms with Gasteiger partial charge in [-0.2, -0.15) is 0 Å². The third-order valence-corrected chi connectivity index (χ3v) is 3.84. The van der Waals surface area contributed by atoms with Crippen molar-refractivity contribution in [3.05, 3.63) is 24.0 Å². The fraction of sp³-hybridized carbons (Fsp3) is 0.571. The summed E-state index contributed by atoms with van der Waals surface area (Å²) < 4.78 is 0. The highest BCUT2D eigenvalue weighted by Gasteiger charge is 2.24. The molecule has 1 aromatic rings. The Hall–Kier alpha value is -1.16. The van der Waals surface area contributed by atoms with Gasteiger partial charge in [-0.15, -0.1) is 0 Å². The van der Waals surface area contributed by atoms with Gasteiger partial charge in [-0.25, -0.2) is 0 Å². The second-order valence-electron chi connectivity index (χ2n) is 4.89. The summed E-state index contributed by atoms with van der Waals surface area (Å²) in [4.78, 5) is 7.16. The average molecular weight is 263 g/mol. The van der Waals surface area contributed by atoms with Crippen molar-refractivity contribution in [1.29, 1.82) is 0 Å². The number of thiocarbonyl (C=S) groups is 1. The molecule has 1 fully saturated rings. The lowest BCUT2D eigenvalue weighted by molar-refractivity contribution is 0.434. The van der Waals surface area contributed by atoms with Gasteiger partial charge >= 0.3 is 0 Å². The molecule has 0 saturated carbocycles. The minimum absolute atomic E-state index is 0.466. The number of rotatable bonds is 4. The highest BCUT2D eigenvalue weighted by Crippen LogP contribution is 2.29. The lowest BCUT2D eigenvalue weighted by Crippen LogP contribution is -2.40. The maximum absolute atomic E-state index is 5.82. The van der Waals surface area contributed by atoms with Gasteiger partial charge in [0.2, 0.25) is 0 Å². The van der Waals surface area contributed by atoms with Crippen molar-refractivity contribution in [3.63, 3.8) is 0 Å². The summed E-state index contributed by atoms with van der Waals surface area (Å²) in [6, 6.07) is 2.54. The molecule has 98 valence electrons. The Balaban J connectivity index is 2.30. The monoisotopic (exact) mass is 263 g/mol. The van der Waals surface area contributed by atoms with E-state index in [1.165, 1.54) is 32.1 Å². The van der Waals surface area contributed by atoms with Crippen LogP contribution in [-0.4, -0.2) is 22.6 Å². The predicted octanol–water partition coefficient (Wildman–Crippen LogP) is 2.87. The Bertz CT molecular complexity index is 417. The lowest BCUT2D eigenvalue weighted by atomic mass is 9.97. The van der Waals surface area contributed by atoms with Gasteiger partial charge in [0.1, 0.15) is 4.99 Å². The van der Waals surface area contributed by atoms with Gasteiger partial charge in [0.05, 0.1) is 11.9 Å². The molecule has 2 heterocycles. The van der Waals surface area contributed by atoms with Gasteiger partial charge in [0.25, 0.3) is 0 Å². The summed E-state index contributed by atoms with van der Waals surface area (Å²) in [5.41, 5.74) is 7.89. The molecule has 18 heavy (non-hydrogen) atoms. The highest BCUT2D eigenvalue weighted by molar-refractivity contribution is 7.80. The van der Waals surface area contributed by atoms with E-state index in [1.54, 1.807) is 6.20 Å². The van der Waals surface area contributed by atoms with Crippen LogP contribution < -0.4 is 10.6 Å². The fourth-order valence-electron chi connectivity index (χ4n) is 2.77. The van der Waals surface area contributed by atoms with Gasteiger partial charge in [0.15, 0.2) is 0 Å². The summed E-state index contributed by atoms with van der Waals surface area (Å²) in [6.45, 7) is 3.33. The van der Waals surface area contributed by atoms with E-state index in [4.69, 9.17) is 18.0 Å². The molecule has 2 rings (SSSR count). The second-order valence-corrected chi connectivity index (χ2v) is 5.33. The molecule has 1 aliphatic heterocycles. The highest BCUT2D eigenvalue weighted by atomic mass is 32.1. The molecule has 4 heteroatoms. The molecule has 0 radical (unpaired) electrons. The normalized spacial score (nSPS) is 19.8. The van der Waals surface area contributed by atoms with E-state index in [1.807, 2.05) is 12.3 Å². The van der Waals surface area contributed by atoms with Crippen LogP contribution in [-0.2, 0) is 0 Å². The standard InChI is InChI=1S/C14H21N3S/c1-2-5-11-6-3-4-9-17(11)13-10-16-8-7-12(13)14(15)18/h7-8,10-11H,2-6,9H2,1H3,(H2,15,18). The van der Waals surface area contributed by atoms with Gasteiger partial charge in [0, 0.05) is 24.3 Å². The zero-order chi connectivity index (χ0) is 13.0. The minimum atomic E-state index is 0.466. The molecule has 0 spiro atoms. The minimum Gasteiger partial charge on any atom is -0.389 e. The zero-order valence-corrected chi connectivity index (χ0v) is 11.7. The quantitative estimate of drug-likeness (QED) is 0.848. The van der Waals surface area contributed by atoms with E-state index in [-0.39, 0.29) is 0 Å². The molecule has 2 N–H and O–H groups in total. The zero-order valence-electron chi connectivity index (χ0n) is 10.9. The average Bonchev–Trinajstić information content (AvgIpc) is 2.40. The van der Waals surface area contributed by atoms with Crippen LogP contribution in [0.4, 0.5) is 5.69 Å². The van der Waals surface area contributed by atoms with Crippen LogP contribution in [0.1, 0.15) is 44.6 Å². The number of piperidine rings is 1. The number of nitrogens with zero attached hydrogens (tertiary/aromatic N) is 2. The summed E-state index contributed by atoms with van der Waals surface area (Å²) in [5.74, 6) is 0. The molecule has 0 amide bonds. The third kappa shape index (κ3) is 2.80. The maximum atomic E-state index is 5.82. The summed E-state index contributed by atoms with van der Waals surface area (Å²) in [6.07, 6.45) is 9.93. The molecular weight excluding hydrogens is 242 g/mol. The van der Waals surface area contributed by atoms with Crippen molar-refractivity contribution < 1.29 is 0 Å². The van der Waals surface area contributed by atoms with Crippen molar-refractivity contribution >= 4 is 22.9 Å². The first-order valence-electron chi connectivity index (χ1n) is 6.74. The molecule has 0 bridgehead atoms. The number of nitrogens with two attached hydrogens (primary N) is 1. The van der Waals surface area contributed by atoms with Crippen molar-refractivity contribution in [2.45, 2.75) is 45.1 Å². The first kappa shape index (κ1) is 13.3. The Morgan fingerprint density at radius 3 is 3.11 bits per heavy atom. The molecule has 1 aliphatic rings. The van der Waals surface area contributed by atoms with Crippen LogP contribution in [0.15, 0.2) is 18.5 Å². The molecular formula is C14H21N3S. The van der Waals surface area contributed by atoms with E-state index in [0.29, 0.717) is 11.0 Å². The first-order chi connectivity index (χ1) is 8.74. The SMILES string of the molecule is CCCC1CCCCN1c1cnccc1C(N)=S. The summed E-state index contributed by atoms with van der Waals surface area (Å²) in [7, 11) is 0. The van der Waals surface area contributed by atoms with Crippen LogP contribution in [0.5, 0.6) is 0 Å². The molecule has 1 atom stereocenters. The molecule has 3 nitrogen and oxygen atoms in total. The second kappa shape index (κ2) is 6.14. The lowest BCUT2D eigenvalue weighted by Gasteiger charge is -2.38. The largest absolute Gasteiger partial charge is 0.389 e. The maximum Gasteiger partial charge on any atom is 0.106 e. The van der Waals surface area contributed by atoms with Crippen LogP contribution in [0.3, 0.4) is 0 Å². The third-order valence-electron chi connectivity index (χ3n) is 3.62. The van der Waals surface area contributed by atoms with E-state index in [2.05, 4.69) is 16.8 Å². The van der Waals surface area contributed by atoms with E-state index >= 15 is 0 Å². The molecule has 1 saturated heterocycles. The smallest absolute Gasteiger partial charge is 0.106 e. The Labute approximate surface area is 114 Å². The number of pyridine rings is 1. The number of hydrogen-bond donors (Lipinski definition) is 1. The van der Waals surface area contributed by atoms with Crippen LogP contribution >= 0.6 is 12.2 Å². The van der Waals surface area contributed by atoms with Crippen molar-refractivity contribution in [3.8, 4) is 0 Å². The number of aromatic nitrogens is 1. The predicted molar refractivity (Wildman–Crippen MR) is 80.0 cm³/mol. The van der Waals surface area contributed by atoms with Gasteiger partial charge in [-0.3, -0.25) is 4.98 Å². The number of hydrogen-bond acceptors (Lipinski definition) is 3. The van der Waals surface area contributed by atoms with Crippen molar-refractivity contribution in [2.24, 2.45) is 5.73 Å². The molecule has 0 aromatic carbocycles. The van der Waals surface area contributed by atoms with Gasteiger partial charge in [-0.05, 0) is 31.7 Å².